The summed E-state index contributed by atoms with van der Waals surface area (Å²) in [6.45, 7) is 9.47. The van der Waals surface area contributed by atoms with Crippen molar-refractivity contribution in [3.8, 4) is 0 Å². The molecule has 0 saturated carbocycles. The number of hydroxylamine groups is 3. The minimum absolute atomic E-state index is 0. The van der Waals surface area contributed by atoms with E-state index in [0.717, 1.165) is 6.42 Å². The second-order valence-electron chi connectivity index (χ2n) is 3.92. The fourth-order valence-corrected chi connectivity index (χ4v) is 1.13. The third-order valence-corrected chi connectivity index (χ3v) is 2.45. The Morgan fingerprint density at radius 2 is 2.00 bits per heavy atom. The monoisotopic (exact) mass is 251 g/mol. The average molecular weight is 252 g/mol. The van der Waals surface area contributed by atoms with Crippen LogP contribution in [0.2, 0.25) is 0 Å². The van der Waals surface area contributed by atoms with Crippen molar-refractivity contribution in [2.24, 2.45) is 0 Å². The second-order valence-corrected chi connectivity index (χ2v) is 3.92. The summed E-state index contributed by atoms with van der Waals surface area (Å²) >= 11 is 0. The highest BCUT2D eigenvalue weighted by molar-refractivity contribution is 5.86. The van der Waals surface area contributed by atoms with E-state index >= 15 is 0 Å². The lowest BCUT2D eigenvalue weighted by molar-refractivity contribution is -1.11. The Balaban J connectivity index is 0. The van der Waals surface area contributed by atoms with Crippen LogP contribution in [0, 0.1) is 0 Å². The van der Waals surface area contributed by atoms with Crippen LogP contribution in [0.15, 0.2) is 12.2 Å². The predicted molar refractivity (Wildman–Crippen MR) is 58.5 cm³/mol. The summed E-state index contributed by atoms with van der Waals surface area (Å²) in [5.74, 6) is -0.463. The average Bonchev–Trinajstić information content (AvgIpc) is 2.17. The molecule has 0 aromatic carbocycles. The first-order valence-corrected chi connectivity index (χ1v) is 5.30. The van der Waals surface area contributed by atoms with E-state index in [0.29, 0.717) is 18.5 Å². The smallest absolute Gasteiger partial charge is 0.392 e. The van der Waals surface area contributed by atoms with Gasteiger partial charge in [-0.1, -0.05) is 13.5 Å². The molecule has 4 nitrogen and oxygen atoms in total. The van der Waals surface area contributed by atoms with Gasteiger partial charge in [0.15, 0.2) is 0 Å². The van der Waals surface area contributed by atoms with Gasteiger partial charge in [-0.3, -0.25) is 4.84 Å². The Morgan fingerprint density at radius 1 is 1.50 bits per heavy atom. The topological polar surface area (TPSA) is 46.5 Å². The Hall–Kier alpha value is -0.580. The van der Waals surface area contributed by atoms with E-state index in [-0.39, 0.29) is 17.1 Å². The highest BCUT2D eigenvalue weighted by Gasteiger charge is 2.34. The normalized spacial score (nSPS) is 15.6. The molecule has 0 aliphatic carbocycles. The van der Waals surface area contributed by atoms with Crippen LogP contribution in [0.25, 0.3) is 0 Å². The molecule has 96 valence electrons. The van der Waals surface area contributed by atoms with Gasteiger partial charge in [0.25, 0.3) is 0 Å². The molecule has 1 N–H and O–H groups in total. The number of hydrogen-bond donors (Lipinski definition) is 1. The molecule has 0 amide bonds. The molecule has 2 atom stereocenters. The fourth-order valence-electron chi connectivity index (χ4n) is 1.13. The van der Waals surface area contributed by atoms with Gasteiger partial charge in [0.1, 0.15) is 13.6 Å². The first-order valence-electron chi connectivity index (χ1n) is 5.30. The maximum absolute atomic E-state index is 11.4. The number of aliphatic hydroxyl groups excluding tert-OH is 1. The van der Waals surface area contributed by atoms with E-state index in [2.05, 4.69) is 6.58 Å². The van der Waals surface area contributed by atoms with Gasteiger partial charge < -0.3 is 17.5 Å². The molecule has 2 unspecified atom stereocenters. The van der Waals surface area contributed by atoms with Gasteiger partial charge in [-0.15, -0.1) is 4.65 Å². The quantitative estimate of drug-likeness (QED) is 0.274. The molecule has 0 rings (SSSR count). The van der Waals surface area contributed by atoms with Crippen LogP contribution < -0.4 is 12.4 Å². The Bertz CT molecular complexity index is 245. The van der Waals surface area contributed by atoms with E-state index in [9.17, 15) is 9.90 Å². The number of carbonyl (C=O) groups excluding carboxylic acids is 1. The maximum atomic E-state index is 11.4. The van der Waals surface area contributed by atoms with E-state index in [1.165, 1.54) is 0 Å². The van der Waals surface area contributed by atoms with Gasteiger partial charge in [0.2, 0.25) is 6.23 Å². The Kier molecular flexibility index (Phi) is 8.52. The molecule has 16 heavy (non-hydrogen) atoms. The molecule has 0 aliphatic rings. The lowest BCUT2D eigenvalue weighted by Crippen LogP contribution is -3.00. The first-order chi connectivity index (χ1) is 6.87. The minimum atomic E-state index is -0.678. The number of aliphatic hydroxyl groups is 1. The molecule has 0 radical (unpaired) electrons. The van der Waals surface area contributed by atoms with Crippen molar-refractivity contribution >= 4 is 5.97 Å². The molecule has 0 aliphatic heterocycles. The van der Waals surface area contributed by atoms with E-state index in [1.54, 1.807) is 14.0 Å². The number of rotatable bonds is 6. The van der Waals surface area contributed by atoms with Gasteiger partial charge in [-0.05, 0) is 20.3 Å². The zero-order valence-corrected chi connectivity index (χ0v) is 11.3. The summed E-state index contributed by atoms with van der Waals surface area (Å²) in [4.78, 5) is 16.6. The van der Waals surface area contributed by atoms with Gasteiger partial charge in [0.05, 0.1) is 0 Å². The van der Waals surface area contributed by atoms with Crippen molar-refractivity contribution in [3.05, 3.63) is 12.2 Å². The van der Waals surface area contributed by atoms with Gasteiger partial charge in [-0.2, -0.15) is 0 Å². The molecule has 0 aromatic rings. The van der Waals surface area contributed by atoms with Crippen LogP contribution >= 0.6 is 0 Å². The summed E-state index contributed by atoms with van der Waals surface area (Å²) < 4.78 is -0.112. The largest absolute Gasteiger partial charge is 1.00 e. The van der Waals surface area contributed by atoms with Crippen molar-refractivity contribution in [2.75, 3.05) is 13.6 Å². The zero-order chi connectivity index (χ0) is 12.1. The third kappa shape index (κ3) is 4.96. The first kappa shape index (κ1) is 17.8. The van der Waals surface area contributed by atoms with Crippen molar-refractivity contribution in [2.45, 2.75) is 39.8 Å². The molecule has 0 aromatic heterocycles. The highest BCUT2D eigenvalue weighted by atomic mass is 35.5. The van der Waals surface area contributed by atoms with Gasteiger partial charge in [-0.25, -0.2) is 4.79 Å². The number of quaternary nitrogens is 1. The van der Waals surface area contributed by atoms with Crippen LogP contribution in [0.5, 0.6) is 0 Å². The lowest BCUT2D eigenvalue weighted by Gasteiger charge is -2.33. The Labute approximate surface area is 104 Å². The van der Waals surface area contributed by atoms with Crippen LogP contribution in [-0.2, 0) is 9.63 Å². The molecule has 0 heterocycles. The molecule has 5 heteroatoms. The summed E-state index contributed by atoms with van der Waals surface area (Å²) in [6.07, 6.45) is 0.774. The van der Waals surface area contributed by atoms with Crippen molar-refractivity contribution in [1.29, 1.82) is 0 Å². The Morgan fingerprint density at radius 3 is 2.31 bits per heavy atom. The molecule has 0 spiro atoms. The number of carbonyl (C=O) groups is 1. The number of nitrogens with zero attached hydrogens (tertiary/aromatic N) is 1. The SMILES string of the molecule is C=C(C)C(=O)O[N+](C)(CC)C(O)CCC.[Cl-]. The van der Waals surface area contributed by atoms with Crippen LogP contribution in [-0.4, -0.2) is 35.5 Å². The summed E-state index contributed by atoms with van der Waals surface area (Å²) in [5, 5.41) is 9.86. The molecule has 0 saturated heterocycles. The van der Waals surface area contributed by atoms with E-state index in [1.807, 2.05) is 13.8 Å². The van der Waals surface area contributed by atoms with E-state index in [4.69, 9.17) is 4.84 Å². The van der Waals surface area contributed by atoms with Crippen LogP contribution in [0.3, 0.4) is 0 Å². The van der Waals surface area contributed by atoms with Crippen LogP contribution in [0.4, 0.5) is 0 Å². The van der Waals surface area contributed by atoms with Crippen molar-refractivity contribution < 1.29 is 31.8 Å². The van der Waals surface area contributed by atoms with Crippen molar-refractivity contribution in [1.82, 2.24) is 0 Å². The molecule has 0 fully saturated rings. The highest BCUT2D eigenvalue weighted by Crippen LogP contribution is 2.15. The van der Waals surface area contributed by atoms with E-state index < -0.39 is 12.2 Å². The van der Waals surface area contributed by atoms with Gasteiger partial charge in [0, 0.05) is 12.0 Å². The number of halogens is 1. The maximum Gasteiger partial charge on any atom is 0.392 e. The minimum Gasteiger partial charge on any atom is -1.00 e. The standard InChI is InChI=1S/C11H22NO3.ClH/c1-6-8-10(13)12(5,7-2)15-11(14)9(3)4;/h10,13H,3,6-8H2,1-2,4-5H3;1H/q+1;/p-1. The lowest BCUT2D eigenvalue weighted by atomic mass is 10.3. The number of hydrogen-bond acceptors (Lipinski definition) is 3. The molecular formula is C11H22ClNO3. The zero-order valence-electron chi connectivity index (χ0n) is 10.5. The summed E-state index contributed by atoms with van der Waals surface area (Å²) in [7, 11) is 1.70. The van der Waals surface area contributed by atoms with Crippen LogP contribution in [0.1, 0.15) is 33.6 Å². The summed E-state index contributed by atoms with van der Waals surface area (Å²) in [5.41, 5.74) is 0.344. The molecule has 0 bridgehead atoms. The second kappa shape index (κ2) is 7.65. The summed E-state index contributed by atoms with van der Waals surface area (Å²) in [6, 6.07) is 0. The third-order valence-electron chi connectivity index (χ3n) is 2.45. The fraction of sp³-hybridized carbons (Fsp3) is 0.727. The van der Waals surface area contributed by atoms with Crippen molar-refractivity contribution in [3.63, 3.8) is 0 Å². The predicted octanol–water partition coefficient (Wildman–Crippen LogP) is -1.39. The van der Waals surface area contributed by atoms with Gasteiger partial charge >= 0.3 is 5.97 Å². The molecular weight excluding hydrogens is 230 g/mol.